The lowest BCUT2D eigenvalue weighted by atomic mass is 9.80. The highest BCUT2D eigenvalue weighted by molar-refractivity contribution is 6.21. The van der Waals surface area contributed by atoms with E-state index in [1.54, 1.807) is 48.5 Å². The van der Waals surface area contributed by atoms with Gasteiger partial charge in [-0.25, -0.2) is 0 Å². The number of Topliss-reactive ketones (excluding diaryl/α,β-unsaturated/α-hetero) is 1. The number of fused-ring (bicyclic) bond motifs is 1. The number of rotatable bonds is 9. The highest BCUT2D eigenvalue weighted by atomic mass is 16.5. The predicted octanol–water partition coefficient (Wildman–Crippen LogP) is 4.22. The second-order valence-electron chi connectivity index (χ2n) is 8.82. The largest absolute Gasteiger partial charge is 0.493 e. The van der Waals surface area contributed by atoms with Gasteiger partial charge in [0.1, 0.15) is 5.75 Å². The van der Waals surface area contributed by atoms with Crippen molar-refractivity contribution >= 4 is 23.6 Å². The van der Waals surface area contributed by atoms with E-state index in [0.29, 0.717) is 35.0 Å². The maximum Gasteiger partial charge on any atom is 0.303 e. The summed E-state index contributed by atoms with van der Waals surface area (Å²) in [5.41, 5.74) is 1.22. The molecular formula is C26H27NO6. The summed E-state index contributed by atoms with van der Waals surface area (Å²) in [6.07, 6.45) is 4.03. The van der Waals surface area contributed by atoms with Crippen LogP contribution in [0.4, 0.5) is 0 Å². The van der Waals surface area contributed by atoms with Crippen molar-refractivity contribution in [1.82, 2.24) is 4.90 Å². The number of ether oxygens (including phenoxy) is 1. The third kappa shape index (κ3) is 5.30. The summed E-state index contributed by atoms with van der Waals surface area (Å²) in [6, 6.07) is 13.6. The molecule has 2 amide bonds. The number of nitrogens with zero attached hydrogens (tertiary/aromatic N) is 1. The van der Waals surface area contributed by atoms with Crippen LogP contribution in [-0.2, 0) is 4.79 Å². The van der Waals surface area contributed by atoms with Crippen LogP contribution in [0.3, 0.4) is 0 Å². The minimum Gasteiger partial charge on any atom is -0.493 e. The molecule has 7 nitrogen and oxygen atoms in total. The average Bonchev–Trinajstić information content (AvgIpc) is 3.06. The minimum atomic E-state index is -0.756. The van der Waals surface area contributed by atoms with Gasteiger partial charge < -0.3 is 9.84 Å². The van der Waals surface area contributed by atoms with Crippen LogP contribution in [0.2, 0.25) is 0 Å². The van der Waals surface area contributed by atoms with Crippen LogP contribution in [-0.4, -0.2) is 46.7 Å². The van der Waals surface area contributed by atoms with Gasteiger partial charge >= 0.3 is 5.97 Å². The molecule has 2 aromatic rings. The molecule has 7 heteroatoms. The maximum atomic E-state index is 12.7. The van der Waals surface area contributed by atoms with Gasteiger partial charge in [-0.15, -0.1) is 0 Å². The smallest absolute Gasteiger partial charge is 0.303 e. The van der Waals surface area contributed by atoms with Gasteiger partial charge in [-0.1, -0.05) is 30.7 Å². The summed E-state index contributed by atoms with van der Waals surface area (Å²) < 4.78 is 5.93. The van der Waals surface area contributed by atoms with Crippen molar-refractivity contribution < 1.29 is 29.0 Å². The van der Waals surface area contributed by atoms with E-state index in [-0.39, 0.29) is 42.9 Å². The van der Waals surface area contributed by atoms with Gasteiger partial charge in [-0.2, -0.15) is 0 Å². The fraction of sp³-hybridized carbons (Fsp3) is 0.385. The molecular weight excluding hydrogens is 422 g/mol. The molecule has 2 aromatic carbocycles. The Morgan fingerprint density at radius 3 is 2.36 bits per heavy atom. The highest BCUT2D eigenvalue weighted by Crippen LogP contribution is 2.32. The van der Waals surface area contributed by atoms with Crippen LogP contribution in [0.25, 0.3) is 0 Å². The van der Waals surface area contributed by atoms with Crippen molar-refractivity contribution in [3.05, 3.63) is 65.2 Å². The van der Waals surface area contributed by atoms with Crippen LogP contribution in [0.5, 0.6) is 5.75 Å². The molecule has 172 valence electrons. The first-order valence-electron chi connectivity index (χ1n) is 11.4. The van der Waals surface area contributed by atoms with Gasteiger partial charge in [0.15, 0.2) is 5.78 Å². The Labute approximate surface area is 192 Å². The summed E-state index contributed by atoms with van der Waals surface area (Å²) in [6.45, 7) is 0.520. The number of imide groups is 1. The molecule has 0 bridgehead atoms. The number of carbonyl (C=O) groups is 4. The Hall–Kier alpha value is -3.48. The Kier molecular flexibility index (Phi) is 6.87. The van der Waals surface area contributed by atoms with E-state index in [2.05, 4.69) is 0 Å². The van der Waals surface area contributed by atoms with Gasteiger partial charge in [0.2, 0.25) is 0 Å². The zero-order chi connectivity index (χ0) is 23.4. The molecule has 1 heterocycles. The summed E-state index contributed by atoms with van der Waals surface area (Å²) >= 11 is 0. The minimum absolute atomic E-state index is 0.0311. The Bertz CT molecular complexity index is 1040. The van der Waals surface area contributed by atoms with Crippen molar-refractivity contribution in [3.8, 4) is 5.75 Å². The van der Waals surface area contributed by atoms with Crippen molar-refractivity contribution in [2.45, 2.75) is 38.5 Å². The number of carboxylic acid groups (broad SMARTS) is 1. The lowest BCUT2D eigenvalue weighted by Crippen LogP contribution is -2.31. The Morgan fingerprint density at radius 1 is 0.970 bits per heavy atom. The number of benzene rings is 2. The number of aliphatic carboxylic acids is 1. The van der Waals surface area contributed by atoms with Crippen LogP contribution in [0.15, 0.2) is 48.5 Å². The summed E-state index contributed by atoms with van der Waals surface area (Å²) in [5, 5.41) is 9.03. The Morgan fingerprint density at radius 2 is 1.67 bits per heavy atom. The molecule has 0 radical (unpaired) electrons. The molecule has 1 fully saturated rings. The van der Waals surface area contributed by atoms with Crippen LogP contribution >= 0.6 is 0 Å². The summed E-state index contributed by atoms with van der Waals surface area (Å²) in [5.74, 6) is -0.577. The predicted molar refractivity (Wildman–Crippen MR) is 120 cm³/mol. The number of hydrogen-bond acceptors (Lipinski definition) is 5. The van der Waals surface area contributed by atoms with E-state index in [0.717, 1.165) is 30.6 Å². The first-order chi connectivity index (χ1) is 15.9. The summed E-state index contributed by atoms with van der Waals surface area (Å²) in [7, 11) is 0. The molecule has 2 atom stereocenters. The van der Waals surface area contributed by atoms with Crippen molar-refractivity contribution in [2.75, 3.05) is 13.2 Å². The second kappa shape index (κ2) is 9.98. The molecule has 1 aliphatic heterocycles. The molecule has 1 aliphatic carbocycles. The standard InChI is InChI=1S/C26H27NO6/c28-23(11-12-27-25(31)21-9-1-2-10-22(21)26(27)32)19-7-4-8-20(15-19)33-16-18-6-3-5-17(13-18)14-24(29)30/h1-2,4,7-10,15,17-18H,3,5-6,11-14,16H2,(H,29,30)/t17-,18+/m1/s1. The maximum absolute atomic E-state index is 12.7. The molecule has 0 saturated heterocycles. The lowest BCUT2D eigenvalue weighted by molar-refractivity contribution is -0.138. The fourth-order valence-electron chi connectivity index (χ4n) is 4.76. The number of ketones is 1. The van der Waals surface area contributed by atoms with Crippen LogP contribution < -0.4 is 4.74 Å². The quantitative estimate of drug-likeness (QED) is 0.454. The summed E-state index contributed by atoms with van der Waals surface area (Å²) in [4.78, 5) is 49.8. The number of carbonyl (C=O) groups excluding carboxylic acids is 3. The van der Waals surface area contributed by atoms with E-state index < -0.39 is 5.97 Å². The zero-order valence-electron chi connectivity index (χ0n) is 18.4. The average molecular weight is 450 g/mol. The number of hydrogen-bond donors (Lipinski definition) is 1. The SMILES string of the molecule is O=C(O)C[C@@H]1CCC[C@H](COc2cccc(C(=O)CCN3C(=O)c4ccccc4C3=O)c2)C1. The van der Waals surface area contributed by atoms with E-state index in [1.165, 1.54) is 0 Å². The number of amides is 2. The van der Waals surface area contributed by atoms with Crippen molar-refractivity contribution in [1.29, 1.82) is 0 Å². The fourth-order valence-corrected chi connectivity index (χ4v) is 4.76. The lowest BCUT2D eigenvalue weighted by Gasteiger charge is -2.28. The monoisotopic (exact) mass is 449 g/mol. The Balaban J connectivity index is 1.31. The second-order valence-corrected chi connectivity index (χ2v) is 8.82. The molecule has 1 saturated carbocycles. The molecule has 0 unspecified atom stereocenters. The third-order valence-electron chi connectivity index (χ3n) is 6.44. The van der Waals surface area contributed by atoms with Gasteiger partial charge in [-0.3, -0.25) is 24.1 Å². The zero-order valence-corrected chi connectivity index (χ0v) is 18.4. The van der Waals surface area contributed by atoms with E-state index in [1.807, 2.05) is 0 Å². The van der Waals surface area contributed by atoms with Crippen molar-refractivity contribution in [3.63, 3.8) is 0 Å². The molecule has 0 aromatic heterocycles. The van der Waals surface area contributed by atoms with Gasteiger partial charge in [0.25, 0.3) is 11.8 Å². The van der Waals surface area contributed by atoms with Crippen LogP contribution in [0.1, 0.15) is 69.6 Å². The topological polar surface area (TPSA) is 101 Å². The normalized spacial score (nSPS) is 19.9. The van der Waals surface area contributed by atoms with Gasteiger partial charge in [-0.05, 0) is 55.4 Å². The van der Waals surface area contributed by atoms with Gasteiger partial charge in [0.05, 0.1) is 17.7 Å². The molecule has 4 rings (SSSR count). The highest BCUT2D eigenvalue weighted by Gasteiger charge is 2.35. The van der Waals surface area contributed by atoms with E-state index in [9.17, 15) is 19.2 Å². The third-order valence-corrected chi connectivity index (χ3v) is 6.44. The molecule has 2 aliphatic rings. The van der Waals surface area contributed by atoms with Crippen molar-refractivity contribution in [2.24, 2.45) is 11.8 Å². The molecule has 33 heavy (non-hydrogen) atoms. The van der Waals surface area contributed by atoms with Crippen LogP contribution in [0, 0.1) is 11.8 Å². The first kappa shape index (κ1) is 22.7. The molecule has 0 spiro atoms. The van der Waals surface area contributed by atoms with E-state index in [4.69, 9.17) is 9.84 Å². The first-order valence-corrected chi connectivity index (χ1v) is 11.4. The van der Waals surface area contributed by atoms with E-state index >= 15 is 0 Å². The van der Waals surface area contributed by atoms with Gasteiger partial charge in [0, 0.05) is 24.9 Å². The molecule has 1 N–H and O–H groups in total. The number of carboxylic acids is 1.